The first-order valence-corrected chi connectivity index (χ1v) is 6.99. The fourth-order valence-electron chi connectivity index (χ4n) is 2.73. The molecule has 0 aromatic heterocycles. The van der Waals surface area contributed by atoms with E-state index in [9.17, 15) is 9.90 Å². The van der Waals surface area contributed by atoms with Crippen LogP contribution in [-0.4, -0.2) is 11.1 Å². The Morgan fingerprint density at radius 3 is 1.95 bits per heavy atom. The van der Waals surface area contributed by atoms with Crippen LogP contribution in [0.25, 0.3) is 0 Å². The standard InChI is InChI=1S/C19H16O2/c20-19(21)18-13-16(14-7-3-1-4-8-14)11-12-17(18)15-9-5-2-6-10-15/h1-13,16-17H,(H,20,21)/t16-,17-/m1/s1. The number of hydrogen-bond donors (Lipinski definition) is 1. The van der Waals surface area contributed by atoms with Crippen LogP contribution in [-0.2, 0) is 4.79 Å². The molecule has 0 heterocycles. The van der Waals surface area contributed by atoms with E-state index in [2.05, 4.69) is 6.08 Å². The maximum absolute atomic E-state index is 11.6. The highest BCUT2D eigenvalue weighted by atomic mass is 16.4. The van der Waals surface area contributed by atoms with Gasteiger partial charge in [0.15, 0.2) is 0 Å². The SMILES string of the molecule is O=C(O)C1=C[C@H](c2ccccc2)C=C[C@@H]1c1ccccc1. The van der Waals surface area contributed by atoms with Crippen molar-refractivity contribution in [2.24, 2.45) is 0 Å². The Kier molecular flexibility index (Phi) is 3.69. The van der Waals surface area contributed by atoms with Crippen LogP contribution in [0, 0.1) is 0 Å². The lowest BCUT2D eigenvalue weighted by atomic mass is 9.82. The van der Waals surface area contributed by atoms with Crippen LogP contribution < -0.4 is 0 Å². The third-order valence-corrected chi connectivity index (χ3v) is 3.80. The number of aliphatic carboxylic acids is 1. The summed E-state index contributed by atoms with van der Waals surface area (Å²) < 4.78 is 0. The fourth-order valence-corrected chi connectivity index (χ4v) is 2.73. The van der Waals surface area contributed by atoms with Crippen LogP contribution in [0.3, 0.4) is 0 Å². The first-order valence-electron chi connectivity index (χ1n) is 6.99. The van der Waals surface area contributed by atoms with E-state index in [1.54, 1.807) is 0 Å². The number of allylic oxidation sites excluding steroid dienone is 3. The minimum absolute atomic E-state index is 0.0252. The van der Waals surface area contributed by atoms with E-state index in [1.165, 1.54) is 0 Å². The summed E-state index contributed by atoms with van der Waals surface area (Å²) in [5.74, 6) is -1.00. The molecule has 1 aliphatic carbocycles. The molecule has 0 unspecified atom stereocenters. The Balaban J connectivity index is 1.97. The van der Waals surface area contributed by atoms with E-state index < -0.39 is 5.97 Å². The highest BCUT2D eigenvalue weighted by Crippen LogP contribution is 2.35. The first kappa shape index (κ1) is 13.4. The zero-order valence-electron chi connectivity index (χ0n) is 11.5. The number of carbonyl (C=O) groups is 1. The average molecular weight is 276 g/mol. The number of carboxylic acid groups (broad SMARTS) is 1. The van der Waals surface area contributed by atoms with Crippen LogP contribution in [0.2, 0.25) is 0 Å². The van der Waals surface area contributed by atoms with Crippen LogP contribution in [0.4, 0.5) is 0 Å². The predicted octanol–water partition coefficient (Wildman–Crippen LogP) is 4.13. The summed E-state index contributed by atoms with van der Waals surface area (Å²) in [5, 5.41) is 9.53. The van der Waals surface area contributed by atoms with Crippen molar-refractivity contribution in [3.05, 3.63) is 95.6 Å². The summed E-state index contributed by atoms with van der Waals surface area (Å²) in [6.07, 6.45) is 5.94. The van der Waals surface area contributed by atoms with Crippen molar-refractivity contribution in [1.82, 2.24) is 0 Å². The van der Waals surface area contributed by atoms with Crippen molar-refractivity contribution in [1.29, 1.82) is 0 Å². The maximum atomic E-state index is 11.6. The molecule has 0 fully saturated rings. The van der Waals surface area contributed by atoms with E-state index in [0.29, 0.717) is 5.57 Å². The van der Waals surface area contributed by atoms with Gasteiger partial charge < -0.3 is 5.11 Å². The number of rotatable bonds is 3. The third kappa shape index (κ3) is 2.79. The molecule has 0 amide bonds. The third-order valence-electron chi connectivity index (χ3n) is 3.80. The quantitative estimate of drug-likeness (QED) is 0.856. The van der Waals surface area contributed by atoms with Gasteiger partial charge in [-0.3, -0.25) is 0 Å². The molecule has 0 bridgehead atoms. The minimum atomic E-state index is -0.853. The highest BCUT2D eigenvalue weighted by molar-refractivity contribution is 5.89. The predicted molar refractivity (Wildman–Crippen MR) is 83.2 cm³/mol. The second kappa shape index (κ2) is 5.80. The topological polar surface area (TPSA) is 37.3 Å². The van der Waals surface area contributed by atoms with E-state index >= 15 is 0 Å². The Labute approximate surface area is 124 Å². The molecule has 2 aromatic carbocycles. The van der Waals surface area contributed by atoms with Gasteiger partial charge in [-0.15, -0.1) is 0 Å². The number of hydrogen-bond acceptors (Lipinski definition) is 1. The van der Waals surface area contributed by atoms with E-state index in [0.717, 1.165) is 11.1 Å². The minimum Gasteiger partial charge on any atom is -0.478 e. The molecule has 0 saturated heterocycles. The van der Waals surface area contributed by atoms with Gasteiger partial charge >= 0.3 is 5.97 Å². The van der Waals surface area contributed by atoms with Gasteiger partial charge in [0.25, 0.3) is 0 Å². The summed E-state index contributed by atoms with van der Waals surface area (Å²) in [6, 6.07) is 19.7. The zero-order chi connectivity index (χ0) is 14.7. The molecule has 2 aromatic rings. The van der Waals surface area contributed by atoms with Gasteiger partial charge in [-0.2, -0.15) is 0 Å². The molecule has 3 rings (SSSR count). The monoisotopic (exact) mass is 276 g/mol. The molecule has 21 heavy (non-hydrogen) atoms. The summed E-state index contributed by atoms with van der Waals surface area (Å²) in [6.45, 7) is 0. The smallest absolute Gasteiger partial charge is 0.332 e. The van der Waals surface area contributed by atoms with Gasteiger partial charge in [-0.05, 0) is 11.1 Å². The highest BCUT2D eigenvalue weighted by Gasteiger charge is 2.25. The Morgan fingerprint density at radius 2 is 1.38 bits per heavy atom. The summed E-state index contributed by atoms with van der Waals surface area (Å²) in [4.78, 5) is 11.6. The molecule has 1 N–H and O–H groups in total. The average Bonchev–Trinajstić information content (AvgIpc) is 2.56. The summed E-state index contributed by atoms with van der Waals surface area (Å²) in [7, 11) is 0. The van der Waals surface area contributed by atoms with Crippen molar-refractivity contribution < 1.29 is 9.90 Å². The number of carboxylic acids is 1. The molecule has 1 aliphatic rings. The van der Waals surface area contributed by atoms with Crippen molar-refractivity contribution in [3.63, 3.8) is 0 Å². The molecule has 0 spiro atoms. The summed E-state index contributed by atoms with van der Waals surface area (Å²) in [5.41, 5.74) is 2.56. The number of benzene rings is 2. The largest absolute Gasteiger partial charge is 0.478 e. The van der Waals surface area contributed by atoms with Crippen molar-refractivity contribution in [3.8, 4) is 0 Å². The van der Waals surface area contributed by atoms with Crippen molar-refractivity contribution in [2.45, 2.75) is 11.8 Å². The Hall–Kier alpha value is -2.61. The molecule has 2 atom stereocenters. The van der Waals surface area contributed by atoms with E-state index in [-0.39, 0.29) is 11.8 Å². The molecule has 2 nitrogen and oxygen atoms in total. The molecule has 2 heteroatoms. The normalized spacial score (nSPS) is 20.9. The Morgan fingerprint density at radius 1 is 0.810 bits per heavy atom. The second-order valence-corrected chi connectivity index (χ2v) is 5.14. The molecule has 0 radical (unpaired) electrons. The van der Waals surface area contributed by atoms with Crippen molar-refractivity contribution >= 4 is 5.97 Å². The van der Waals surface area contributed by atoms with E-state index in [1.807, 2.05) is 72.8 Å². The molecule has 0 aliphatic heterocycles. The molecule has 104 valence electrons. The first-order chi connectivity index (χ1) is 10.3. The lowest BCUT2D eigenvalue weighted by Crippen LogP contribution is -2.14. The van der Waals surface area contributed by atoms with Crippen LogP contribution >= 0.6 is 0 Å². The zero-order valence-corrected chi connectivity index (χ0v) is 11.5. The van der Waals surface area contributed by atoms with Crippen LogP contribution in [0.15, 0.2) is 84.5 Å². The van der Waals surface area contributed by atoms with Gasteiger partial charge in [0.05, 0.1) is 0 Å². The van der Waals surface area contributed by atoms with Gasteiger partial charge in [0, 0.05) is 17.4 Å². The lowest BCUT2D eigenvalue weighted by molar-refractivity contribution is -0.132. The van der Waals surface area contributed by atoms with Gasteiger partial charge in [0.2, 0.25) is 0 Å². The summed E-state index contributed by atoms with van der Waals surface area (Å²) >= 11 is 0. The van der Waals surface area contributed by atoms with E-state index in [4.69, 9.17) is 0 Å². The fraction of sp³-hybridized carbons (Fsp3) is 0.105. The second-order valence-electron chi connectivity index (χ2n) is 5.14. The van der Waals surface area contributed by atoms with Crippen LogP contribution in [0.1, 0.15) is 23.0 Å². The van der Waals surface area contributed by atoms with Gasteiger partial charge in [-0.1, -0.05) is 78.9 Å². The molecular formula is C19H16O2. The molecule has 0 saturated carbocycles. The van der Waals surface area contributed by atoms with Gasteiger partial charge in [0.1, 0.15) is 0 Å². The van der Waals surface area contributed by atoms with Crippen LogP contribution in [0.5, 0.6) is 0 Å². The van der Waals surface area contributed by atoms with Crippen molar-refractivity contribution in [2.75, 3.05) is 0 Å². The Bertz CT molecular complexity index is 684. The lowest BCUT2D eigenvalue weighted by Gasteiger charge is -2.22. The van der Waals surface area contributed by atoms with Gasteiger partial charge in [-0.25, -0.2) is 4.79 Å². The molecular weight excluding hydrogens is 260 g/mol. The maximum Gasteiger partial charge on any atom is 0.332 e.